The lowest BCUT2D eigenvalue weighted by atomic mass is 9.38. The Morgan fingerprint density at radius 2 is 1.23 bits per heavy atom. The quantitative estimate of drug-likeness (QED) is 0.529. The molecule has 0 aliphatic heterocycles. The molecule has 13 heavy (non-hydrogen) atoms. The van der Waals surface area contributed by atoms with Gasteiger partial charge in [0, 0.05) is 0 Å². The van der Waals surface area contributed by atoms with E-state index in [0.29, 0.717) is 0 Å². The molecule has 0 aromatic carbocycles. The van der Waals surface area contributed by atoms with Crippen LogP contribution in [0.25, 0.3) is 0 Å². The SMILES string of the molecule is C1CC2C1C1CC3C(C1)C1C2CC31. The number of fused-ring (bicyclic) bond motifs is 5. The molecule has 5 aliphatic rings. The highest BCUT2D eigenvalue weighted by atomic mass is 14.7. The minimum Gasteiger partial charge on any atom is -0.0496 e. The zero-order chi connectivity index (χ0) is 8.15. The van der Waals surface area contributed by atoms with Gasteiger partial charge in [-0.15, -0.1) is 0 Å². The molecule has 5 fully saturated rings. The first-order valence-electron chi connectivity index (χ1n) is 6.43. The van der Waals surface area contributed by atoms with Gasteiger partial charge in [0.15, 0.2) is 0 Å². The van der Waals surface area contributed by atoms with Gasteiger partial charge in [0.05, 0.1) is 0 Å². The van der Waals surface area contributed by atoms with Crippen molar-refractivity contribution in [3.8, 4) is 0 Å². The largest absolute Gasteiger partial charge is 0.0496 e. The monoisotopic (exact) mass is 174 g/mol. The molecule has 5 aliphatic carbocycles. The highest BCUT2D eigenvalue weighted by Gasteiger charge is 2.69. The predicted molar refractivity (Wildman–Crippen MR) is 51.0 cm³/mol. The van der Waals surface area contributed by atoms with Gasteiger partial charge in [-0.2, -0.15) is 0 Å². The molecule has 0 N–H and O–H groups in total. The van der Waals surface area contributed by atoms with Crippen molar-refractivity contribution in [3.63, 3.8) is 0 Å². The van der Waals surface area contributed by atoms with E-state index in [-0.39, 0.29) is 0 Å². The lowest BCUT2D eigenvalue weighted by molar-refractivity contribution is -0.182. The minimum atomic E-state index is 1.21. The molecule has 0 saturated heterocycles. The summed E-state index contributed by atoms with van der Waals surface area (Å²) in [6.45, 7) is 0. The van der Waals surface area contributed by atoms with Crippen LogP contribution < -0.4 is 0 Å². The van der Waals surface area contributed by atoms with Crippen LogP contribution in [0.2, 0.25) is 0 Å². The molecule has 0 spiro atoms. The average Bonchev–Trinajstić information content (AvgIpc) is 2.32. The molecule has 0 nitrogen and oxygen atoms in total. The summed E-state index contributed by atoms with van der Waals surface area (Å²) in [5.41, 5.74) is 0. The van der Waals surface area contributed by atoms with Crippen molar-refractivity contribution in [2.75, 3.05) is 0 Å². The standard InChI is InChI=1S/C13H18/c1-2-8-7(1)6-3-9-10(4-6)13-11(8)5-12(9)13/h6-13H,1-5H2. The Hall–Kier alpha value is 0. The third kappa shape index (κ3) is 0.500. The molecular weight excluding hydrogens is 156 g/mol. The number of rotatable bonds is 0. The van der Waals surface area contributed by atoms with Crippen LogP contribution in [0.3, 0.4) is 0 Å². The van der Waals surface area contributed by atoms with Crippen LogP contribution in [0, 0.1) is 47.3 Å². The van der Waals surface area contributed by atoms with Crippen molar-refractivity contribution >= 4 is 0 Å². The molecule has 8 atom stereocenters. The van der Waals surface area contributed by atoms with E-state index in [0.717, 1.165) is 0 Å². The molecule has 0 aromatic heterocycles. The Morgan fingerprint density at radius 1 is 0.538 bits per heavy atom. The predicted octanol–water partition coefficient (Wildman–Crippen LogP) is 2.93. The second kappa shape index (κ2) is 1.73. The summed E-state index contributed by atoms with van der Waals surface area (Å²) in [4.78, 5) is 0. The van der Waals surface area contributed by atoms with Crippen molar-refractivity contribution in [3.05, 3.63) is 0 Å². The van der Waals surface area contributed by atoms with Gasteiger partial charge in [-0.3, -0.25) is 0 Å². The molecular formula is C13H18. The smallest absolute Gasteiger partial charge is 0.0320 e. The van der Waals surface area contributed by atoms with Crippen LogP contribution in [0.15, 0.2) is 0 Å². The number of hydrogen-bond donors (Lipinski definition) is 0. The van der Waals surface area contributed by atoms with Crippen molar-refractivity contribution in [2.24, 2.45) is 47.3 Å². The molecule has 2 bridgehead atoms. The molecule has 0 heterocycles. The highest BCUT2D eigenvalue weighted by molar-refractivity contribution is 5.17. The van der Waals surface area contributed by atoms with Gasteiger partial charge >= 0.3 is 0 Å². The fraction of sp³-hybridized carbons (Fsp3) is 1.00. The molecule has 0 aromatic rings. The molecule has 8 unspecified atom stereocenters. The molecule has 0 amide bonds. The third-order valence-corrected chi connectivity index (χ3v) is 6.82. The molecule has 70 valence electrons. The Labute approximate surface area is 80.1 Å². The van der Waals surface area contributed by atoms with Gasteiger partial charge in [0.2, 0.25) is 0 Å². The maximum Gasteiger partial charge on any atom is -0.0320 e. The van der Waals surface area contributed by atoms with E-state index in [1.807, 2.05) is 0 Å². The normalized spacial score (nSPS) is 75.7. The van der Waals surface area contributed by atoms with Gasteiger partial charge in [-0.25, -0.2) is 0 Å². The Morgan fingerprint density at radius 3 is 2.08 bits per heavy atom. The van der Waals surface area contributed by atoms with Crippen LogP contribution in [0.5, 0.6) is 0 Å². The van der Waals surface area contributed by atoms with Gasteiger partial charge < -0.3 is 0 Å². The topological polar surface area (TPSA) is 0 Å². The van der Waals surface area contributed by atoms with E-state index in [9.17, 15) is 0 Å². The summed E-state index contributed by atoms with van der Waals surface area (Å²) in [6, 6.07) is 0. The lowest BCUT2D eigenvalue weighted by Crippen LogP contribution is -2.60. The summed E-state index contributed by atoms with van der Waals surface area (Å²) in [5.74, 6) is 9.93. The van der Waals surface area contributed by atoms with Crippen LogP contribution in [-0.4, -0.2) is 0 Å². The van der Waals surface area contributed by atoms with E-state index in [2.05, 4.69) is 0 Å². The van der Waals surface area contributed by atoms with Crippen molar-refractivity contribution < 1.29 is 0 Å². The third-order valence-electron chi connectivity index (χ3n) is 6.82. The molecule has 0 radical (unpaired) electrons. The summed E-state index contributed by atoms with van der Waals surface area (Å²) in [5, 5.41) is 0. The van der Waals surface area contributed by atoms with Crippen molar-refractivity contribution in [2.45, 2.75) is 32.1 Å². The maximum absolute atomic E-state index is 1.67. The fourth-order valence-electron chi connectivity index (χ4n) is 6.26. The highest BCUT2D eigenvalue weighted by Crippen LogP contribution is 2.76. The zero-order valence-corrected chi connectivity index (χ0v) is 8.15. The van der Waals surface area contributed by atoms with Crippen LogP contribution >= 0.6 is 0 Å². The van der Waals surface area contributed by atoms with E-state index < -0.39 is 0 Å². The first kappa shape index (κ1) is 6.48. The first-order valence-corrected chi connectivity index (χ1v) is 6.43. The van der Waals surface area contributed by atoms with Crippen LogP contribution in [0.1, 0.15) is 32.1 Å². The summed E-state index contributed by atoms with van der Waals surface area (Å²) in [7, 11) is 0. The second-order valence-corrected chi connectivity index (χ2v) is 6.61. The van der Waals surface area contributed by atoms with Crippen molar-refractivity contribution in [1.82, 2.24) is 0 Å². The Bertz CT molecular complexity index is 263. The Balaban J connectivity index is 1.65. The van der Waals surface area contributed by atoms with Gasteiger partial charge in [0.1, 0.15) is 0 Å². The zero-order valence-electron chi connectivity index (χ0n) is 8.15. The molecule has 5 rings (SSSR count). The van der Waals surface area contributed by atoms with Crippen LogP contribution in [-0.2, 0) is 0 Å². The van der Waals surface area contributed by atoms with E-state index in [4.69, 9.17) is 0 Å². The van der Waals surface area contributed by atoms with Crippen LogP contribution in [0.4, 0.5) is 0 Å². The van der Waals surface area contributed by atoms with Crippen molar-refractivity contribution in [1.29, 1.82) is 0 Å². The number of hydrogen-bond acceptors (Lipinski definition) is 0. The Kier molecular flexibility index (Phi) is 0.860. The van der Waals surface area contributed by atoms with E-state index in [1.165, 1.54) is 47.3 Å². The van der Waals surface area contributed by atoms with Gasteiger partial charge in [0.25, 0.3) is 0 Å². The van der Waals surface area contributed by atoms with E-state index in [1.54, 1.807) is 32.1 Å². The first-order chi connectivity index (χ1) is 6.43. The van der Waals surface area contributed by atoms with E-state index >= 15 is 0 Å². The summed E-state index contributed by atoms with van der Waals surface area (Å²) < 4.78 is 0. The molecule has 5 saturated carbocycles. The van der Waals surface area contributed by atoms with Gasteiger partial charge in [-0.05, 0) is 79.4 Å². The van der Waals surface area contributed by atoms with Gasteiger partial charge in [-0.1, -0.05) is 0 Å². The fourth-order valence-corrected chi connectivity index (χ4v) is 6.26. The summed E-state index contributed by atoms with van der Waals surface area (Å²) in [6.07, 6.45) is 8.23. The lowest BCUT2D eigenvalue weighted by Gasteiger charge is -2.66. The average molecular weight is 174 g/mol. The second-order valence-electron chi connectivity index (χ2n) is 6.61. The maximum atomic E-state index is 1.67. The molecule has 0 heteroatoms. The minimum absolute atomic E-state index is 1.21. The summed E-state index contributed by atoms with van der Waals surface area (Å²) >= 11 is 0.